The summed E-state index contributed by atoms with van der Waals surface area (Å²) in [6.07, 6.45) is 6.54. The van der Waals surface area contributed by atoms with E-state index in [2.05, 4.69) is 26.0 Å². The minimum absolute atomic E-state index is 0.0116. The van der Waals surface area contributed by atoms with Crippen LogP contribution in [0.3, 0.4) is 0 Å². The van der Waals surface area contributed by atoms with Gasteiger partial charge in [0.15, 0.2) is 0 Å². The first-order valence-electron chi connectivity index (χ1n) is 6.45. The molecule has 0 amide bonds. The highest BCUT2D eigenvalue weighted by Crippen LogP contribution is 2.52. The van der Waals surface area contributed by atoms with Gasteiger partial charge in [-0.25, -0.2) is 0 Å². The summed E-state index contributed by atoms with van der Waals surface area (Å²) >= 11 is 0. The number of hydrogen-bond donors (Lipinski definition) is 0. The summed E-state index contributed by atoms with van der Waals surface area (Å²) < 4.78 is 10.7. The van der Waals surface area contributed by atoms with Gasteiger partial charge in [0.25, 0.3) is 0 Å². The number of ether oxygens (including phenoxy) is 2. The van der Waals surface area contributed by atoms with E-state index >= 15 is 0 Å². The van der Waals surface area contributed by atoms with Crippen LogP contribution >= 0.6 is 0 Å². The number of carbonyl (C=O) groups is 1. The van der Waals surface area contributed by atoms with Crippen molar-refractivity contribution in [2.75, 3.05) is 19.8 Å². The maximum Gasteiger partial charge on any atom is 0.312 e. The molecule has 1 aliphatic heterocycles. The zero-order chi connectivity index (χ0) is 12.1. The number of allylic oxidation sites excluding steroid dienone is 2. The number of rotatable bonds is 3. The summed E-state index contributed by atoms with van der Waals surface area (Å²) in [5.41, 5.74) is -0.222. The van der Waals surface area contributed by atoms with E-state index in [-0.39, 0.29) is 16.8 Å². The first-order chi connectivity index (χ1) is 8.02. The molecule has 3 rings (SSSR count). The molecule has 17 heavy (non-hydrogen) atoms. The Morgan fingerprint density at radius 3 is 2.65 bits per heavy atom. The normalized spacial score (nSPS) is 41.3. The van der Waals surface area contributed by atoms with Crippen molar-refractivity contribution >= 4 is 5.97 Å². The summed E-state index contributed by atoms with van der Waals surface area (Å²) in [5.74, 6) is 0.980. The summed E-state index contributed by atoms with van der Waals surface area (Å²) in [5, 5.41) is 0. The highest BCUT2D eigenvalue weighted by molar-refractivity contribution is 5.78. The van der Waals surface area contributed by atoms with Gasteiger partial charge in [0.05, 0.1) is 18.6 Å². The lowest BCUT2D eigenvalue weighted by molar-refractivity contribution is -0.175. The van der Waals surface area contributed by atoms with Crippen molar-refractivity contribution in [3.8, 4) is 0 Å². The fraction of sp³-hybridized carbons (Fsp3) is 0.786. The molecular weight excluding hydrogens is 216 g/mol. The Morgan fingerprint density at radius 2 is 2.18 bits per heavy atom. The third kappa shape index (κ3) is 1.71. The van der Waals surface area contributed by atoms with E-state index in [4.69, 9.17) is 9.47 Å². The fourth-order valence-corrected chi connectivity index (χ4v) is 3.27. The lowest BCUT2D eigenvalue weighted by atomic mass is 9.77. The van der Waals surface area contributed by atoms with E-state index in [0.717, 1.165) is 12.8 Å². The van der Waals surface area contributed by atoms with Crippen molar-refractivity contribution in [1.82, 2.24) is 0 Å². The van der Waals surface area contributed by atoms with Crippen LogP contribution in [0.25, 0.3) is 0 Å². The number of fused-ring (bicyclic) bond motifs is 2. The highest BCUT2D eigenvalue weighted by Gasteiger charge is 2.51. The van der Waals surface area contributed by atoms with E-state index in [9.17, 15) is 4.79 Å². The number of hydrogen-bond acceptors (Lipinski definition) is 3. The zero-order valence-corrected chi connectivity index (χ0v) is 10.6. The molecule has 2 fully saturated rings. The predicted molar refractivity (Wildman–Crippen MR) is 63.3 cm³/mol. The van der Waals surface area contributed by atoms with Crippen molar-refractivity contribution in [1.29, 1.82) is 0 Å². The van der Waals surface area contributed by atoms with Gasteiger partial charge in [0, 0.05) is 5.41 Å². The molecular formula is C14H20O3. The van der Waals surface area contributed by atoms with Crippen molar-refractivity contribution in [3.05, 3.63) is 12.2 Å². The van der Waals surface area contributed by atoms with Crippen molar-refractivity contribution in [2.45, 2.75) is 26.7 Å². The van der Waals surface area contributed by atoms with Crippen molar-refractivity contribution < 1.29 is 14.3 Å². The molecule has 1 saturated heterocycles. The summed E-state index contributed by atoms with van der Waals surface area (Å²) in [6.45, 7) is 6.09. The Bertz CT molecular complexity index is 370. The third-order valence-corrected chi connectivity index (χ3v) is 4.60. The maximum atomic E-state index is 12.2. The predicted octanol–water partition coefficient (Wildman–Crippen LogP) is 2.17. The van der Waals surface area contributed by atoms with Gasteiger partial charge in [0.1, 0.15) is 6.61 Å². The Balaban J connectivity index is 1.61. The first kappa shape index (κ1) is 11.3. The van der Waals surface area contributed by atoms with Gasteiger partial charge >= 0.3 is 5.97 Å². The number of esters is 1. The Labute approximate surface area is 102 Å². The largest absolute Gasteiger partial charge is 0.464 e. The van der Waals surface area contributed by atoms with Crippen LogP contribution in [0.15, 0.2) is 12.2 Å². The van der Waals surface area contributed by atoms with E-state index < -0.39 is 0 Å². The van der Waals surface area contributed by atoms with Crippen LogP contribution in [-0.4, -0.2) is 25.8 Å². The van der Waals surface area contributed by atoms with Gasteiger partial charge in [-0.05, 0) is 31.6 Å². The molecule has 3 heteroatoms. The molecule has 0 aromatic carbocycles. The molecule has 3 unspecified atom stereocenters. The Morgan fingerprint density at radius 1 is 1.41 bits per heavy atom. The molecule has 3 aliphatic rings. The second-order valence-corrected chi connectivity index (χ2v) is 6.49. The summed E-state index contributed by atoms with van der Waals surface area (Å²) in [7, 11) is 0. The quantitative estimate of drug-likeness (QED) is 0.556. The number of carbonyl (C=O) groups excluding carboxylic acids is 1. The van der Waals surface area contributed by atoms with Crippen LogP contribution in [0.4, 0.5) is 0 Å². The van der Waals surface area contributed by atoms with E-state index in [1.165, 1.54) is 0 Å². The molecule has 3 nitrogen and oxygen atoms in total. The summed E-state index contributed by atoms with van der Waals surface area (Å²) in [4.78, 5) is 12.2. The standard InChI is InChI=1S/C14H20O3/c1-13(7-16-8-13)9-17-12(15)14(2)6-10-3-4-11(14)5-10/h3-4,10-11H,5-9H2,1-2H3. The molecule has 2 bridgehead atoms. The van der Waals surface area contributed by atoms with Crippen molar-refractivity contribution in [3.63, 3.8) is 0 Å². The van der Waals surface area contributed by atoms with E-state index in [0.29, 0.717) is 31.7 Å². The lowest BCUT2D eigenvalue weighted by Gasteiger charge is -2.38. The smallest absolute Gasteiger partial charge is 0.312 e. The van der Waals surface area contributed by atoms with Gasteiger partial charge < -0.3 is 9.47 Å². The fourth-order valence-electron chi connectivity index (χ4n) is 3.27. The maximum absolute atomic E-state index is 12.2. The van der Waals surface area contributed by atoms with Gasteiger partial charge in [-0.15, -0.1) is 0 Å². The van der Waals surface area contributed by atoms with Crippen LogP contribution in [0, 0.1) is 22.7 Å². The van der Waals surface area contributed by atoms with Crippen LogP contribution in [0.2, 0.25) is 0 Å². The molecule has 2 aliphatic carbocycles. The highest BCUT2D eigenvalue weighted by atomic mass is 16.5. The Kier molecular flexibility index (Phi) is 2.37. The summed E-state index contributed by atoms with van der Waals surface area (Å²) in [6, 6.07) is 0. The average Bonchev–Trinajstić information content (AvgIpc) is 2.83. The minimum Gasteiger partial charge on any atom is -0.464 e. The van der Waals surface area contributed by atoms with Crippen LogP contribution in [0.1, 0.15) is 26.7 Å². The van der Waals surface area contributed by atoms with Gasteiger partial charge in [-0.2, -0.15) is 0 Å². The molecule has 0 radical (unpaired) electrons. The molecule has 0 aromatic heterocycles. The second-order valence-electron chi connectivity index (χ2n) is 6.49. The average molecular weight is 236 g/mol. The van der Waals surface area contributed by atoms with Crippen LogP contribution in [0.5, 0.6) is 0 Å². The molecule has 94 valence electrons. The minimum atomic E-state index is -0.277. The topological polar surface area (TPSA) is 35.5 Å². The molecule has 1 saturated carbocycles. The molecule has 0 aromatic rings. The molecule has 0 N–H and O–H groups in total. The van der Waals surface area contributed by atoms with E-state index in [1.807, 2.05) is 0 Å². The van der Waals surface area contributed by atoms with Gasteiger partial charge in [-0.3, -0.25) is 4.79 Å². The van der Waals surface area contributed by atoms with Crippen molar-refractivity contribution in [2.24, 2.45) is 22.7 Å². The third-order valence-electron chi connectivity index (χ3n) is 4.60. The SMILES string of the molecule is CC1(COC(=O)C2(C)CC3C=CC2C3)COC1. The Hall–Kier alpha value is -0.830. The van der Waals surface area contributed by atoms with Gasteiger partial charge in [-0.1, -0.05) is 19.1 Å². The molecule has 0 spiro atoms. The monoisotopic (exact) mass is 236 g/mol. The lowest BCUT2D eigenvalue weighted by Crippen LogP contribution is -2.45. The van der Waals surface area contributed by atoms with Crippen LogP contribution in [-0.2, 0) is 14.3 Å². The molecule has 1 heterocycles. The molecule has 3 atom stereocenters. The van der Waals surface area contributed by atoms with Gasteiger partial charge in [0.2, 0.25) is 0 Å². The van der Waals surface area contributed by atoms with Crippen LogP contribution < -0.4 is 0 Å². The second kappa shape index (κ2) is 3.58. The van der Waals surface area contributed by atoms with E-state index in [1.54, 1.807) is 0 Å². The first-order valence-corrected chi connectivity index (χ1v) is 6.45. The zero-order valence-electron chi connectivity index (χ0n) is 10.6.